The summed E-state index contributed by atoms with van der Waals surface area (Å²) in [4.78, 5) is 11.7. The largest absolute Gasteiger partial charge is 0.385 e. The number of ether oxygens (including phenoxy) is 1. The maximum Gasteiger partial charge on any atom is 0.220 e. The molecule has 1 N–H and O–H groups in total. The second kappa shape index (κ2) is 7.84. The van der Waals surface area contributed by atoms with Gasteiger partial charge in [-0.25, -0.2) is 8.78 Å². The van der Waals surface area contributed by atoms with Crippen molar-refractivity contribution in [2.75, 3.05) is 13.7 Å². The minimum Gasteiger partial charge on any atom is -0.385 e. The lowest BCUT2D eigenvalue weighted by molar-refractivity contribution is -0.122. The quantitative estimate of drug-likeness (QED) is 0.774. The van der Waals surface area contributed by atoms with Crippen LogP contribution in [0.1, 0.15) is 37.8 Å². The lowest BCUT2D eigenvalue weighted by Crippen LogP contribution is -2.28. The molecule has 1 rings (SSSR count). The molecule has 0 aromatic heterocycles. The maximum atomic E-state index is 13.6. The molecule has 1 amide bonds. The Hall–Kier alpha value is -1.49. The first-order valence-corrected chi connectivity index (χ1v) is 6.31. The predicted molar refractivity (Wildman–Crippen MR) is 68.6 cm³/mol. The monoisotopic (exact) mass is 271 g/mol. The van der Waals surface area contributed by atoms with Crippen molar-refractivity contribution in [2.24, 2.45) is 0 Å². The van der Waals surface area contributed by atoms with Crippen molar-refractivity contribution in [3.05, 3.63) is 35.4 Å². The first-order chi connectivity index (χ1) is 9.08. The average Bonchev–Trinajstić information content (AvgIpc) is 2.39. The molecular formula is C14H19F2NO2. The van der Waals surface area contributed by atoms with Gasteiger partial charge in [-0.2, -0.15) is 0 Å². The van der Waals surface area contributed by atoms with Gasteiger partial charge < -0.3 is 10.1 Å². The number of hydrogen-bond donors (Lipinski definition) is 1. The Kier molecular flexibility index (Phi) is 6.42. The van der Waals surface area contributed by atoms with E-state index in [4.69, 9.17) is 4.74 Å². The van der Waals surface area contributed by atoms with Crippen LogP contribution < -0.4 is 5.32 Å². The smallest absolute Gasteiger partial charge is 0.220 e. The highest BCUT2D eigenvalue weighted by molar-refractivity contribution is 5.76. The molecular weight excluding hydrogens is 252 g/mol. The van der Waals surface area contributed by atoms with E-state index in [9.17, 15) is 13.6 Å². The van der Waals surface area contributed by atoms with Gasteiger partial charge in [-0.05, 0) is 31.0 Å². The van der Waals surface area contributed by atoms with Crippen LogP contribution in [-0.4, -0.2) is 19.6 Å². The number of nitrogens with one attached hydrogen (secondary N) is 1. The van der Waals surface area contributed by atoms with E-state index < -0.39 is 17.7 Å². The van der Waals surface area contributed by atoms with Gasteiger partial charge in [0.1, 0.15) is 11.6 Å². The topological polar surface area (TPSA) is 38.3 Å². The van der Waals surface area contributed by atoms with Gasteiger partial charge in [-0.3, -0.25) is 4.79 Å². The van der Waals surface area contributed by atoms with Gasteiger partial charge in [-0.1, -0.05) is 6.92 Å². The molecule has 0 aliphatic heterocycles. The molecule has 106 valence electrons. The highest BCUT2D eigenvalue weighted by Crippen LogP contribution is 2.21. The SMILES string of the molecule is CC[C@@H](NC(=O)CCCOC)c1cc(F)ccc1F. The summed E-state index contributed by atoms with van der Waals surface area (Å²) in [5, 5.41) is 2.71. The van der Waals surface area contributed by atoms with E-state index in [1.165, 1.54) is 0 Å². The number of rotatable bonds is 7. The number of hydrogen-bond acceptors (Lipinski definition) is 2. The van der Waals surface area contributed by atoms with Crippen LogP contribution in [0, 0.1) is 11.6 Å². The molecule has 0 saturated carbocycles. The molecule has 1 atom stereocenters. The normalized spacial score (nSPS) is 12.2. The Morgan fingerprint density at radius 1 is 1.42 bits per heavy atom. The molecule has 1 aromatic rings. The first-order valence-electron chi connectivity index (χ1n) is 6.31. The van der Waals surface area contributed by atoms with Crippen molar-refractivity contribution in [1.82, 2.24) is 5.32 Å². The van der Waals surface area contributed by atoms with Crippen LogP contribution in [0.2, 0.25) is 0 Å². The van der Waals surface area contributed by atoms with Crippen LogP contribution in [0.25, 0.3) is 0 Å². The van der Waals surface area contributed by atoms with Crippen LogP contribution in [0.15, 0.2) is 18.2 Å². The molecule has 0 fully saturated rings. The minimum absolute atomic E-state index is 0.183. The van der Waals surface area contributed by atoms with Gasteiger partial charge in [0, 0.05) is 25.7 Å². The zero-order valence-corrected chi connectivity index (χ0v) is 11.2. The van der Waals surface area contributed by atoms with E-state index in [0.717, 1.165) is 18.2 Å². The Morgan fingerprint density at radius 2 is 2.16 bits per heavy atom. The molecule has 1 aromatic carbocycles. The van der Waals surface area contributed by atoms with Crippen LogP contribution in [0.4, 0.5) is 8.78 Å². The molecule has 19 heavy (non-hydrogen) atoms. The third-order valence-corrected chi connectivity index (χ3v) is 2.83. The van der Waals surface area contributed by atoms with Crippen molar-refractivity contribution in [3.63, 3.8) is 0 Å². The second-order valence-corrected chi connectivity index (χ2v) is 4.29. The fourth-order valence-electron chi connectivity index (χ4n) is 1.82. The molecule has 0 radical (unpaired) electrons. The predicted octanol–water partition coefficient (Wildman–Crippen LogP) is 2.96. The highest BCUT2D eigenvalue weighted by atomic mass is 19.1. The fraction of sp³-hybridized carbons (Fsp3) is 0.500. The van der Waals surface area contributed by atoms with Gasteiger partial charge >= 0.3 is 0 Å². The number of carbonyl (C=O) groups is 1. The van der Waals surface area contributed by atoms with Crippen LogP contribution in [-0.2, 0) is 9.53 Å². The molecule has 0 bridgehead atoms. The number of methoxy groups -OCH3 is 1. The Balaban J connectivity index is 2.67. The molecule has 0 aliphatic rings. The Labute approximate surface area is 112 Å². The average molecular weight is 271 g/mol. The van der Waals surface area contributed by atoms with Crippen molar-refractivity contribution in [3.8, 4) is 0 Å². The van der Waals surface area contributed by atoms with E-state index in [1.54, 1.807) is 7.11 Å². The summed E-state index contributed by atoms with van der Waals surface area (Å²) in [6.07, 6.45) is 1.40. The van der Waals surface area contributed by atoms with E-state index in [2.05, 4.69) is 5.32 Å². The summed E-state index contributed by atoms with van der Waals surface area (Å²) in [5.41, 5.74) is 0.183. The van der Waals surface area contributed by atoms with Crippen molar-refractivity contribution in [2.45, 2.75) is 32.2 Å². The van der Waals surface area contributed by atoms with Crippen LogP contribution in [0.5, 0.6) is 0 Å². The number of benzene rings is 1. The zero-order chi connectivity index (χ0) is 14.3. The second-order valence-electron chi connectivity index (χ2n) is 4.29. The standard InChI is InChI=1S/C14H19F2NO2/c1-3-13(17-14(18)5-4-8-19-2)11-9-10(15)6-7-12(11)16/h6-7,9,13H,3-5,8H2,1-2H3,(H,17,18)/t13-/m1/s1. The third kappa shape index (κ3) is 4.95. The lowest BCUT2D eigenvalue weighted by Gasteiger charge is -2.18. The molecule has 0 heterocycles. The van der Waals surface area contributed by atoms with Crippen molar-refractivity contribution >= 4 is 5.91 Å². The summed E-state index contributed by atoms with van der Waals surface area (Å²) < 4.78 is 31.6. The molecule has 0 spiro atoms. The molecule has 0 aliphatic carbocycles. The maximum absolute atomic E-state index is 13.6. The van der Waals surface area contributed by atoms with E-state index >= 15 is 0 Å². The van der Waals surface area contributed by atoms with Gasteiger partial charge in [0.25, 0.3) is 0 Å². The van der Waals surface area contributed by atoms with Gasteiger partial charge in [0.2, 0.25) is 5.91 Å². The van der Waals surface area contributed by atoms with Gasteiger partial charge in [0.15, 0.2) is 0 Å². The van der Waals surface area contributed by atoms with Gasteiger partial charge in [-0.15, -0.1) is 0 Å². The number of halogens is 2. The first kappa shape index (κ1) is 15.6. The van der Waals surface area contributed by atoms with Crippen molar-refractivity contribution < 1.29 is 18.3 Å². The Bertz CT molecular complexity index is 424. The lowest BCUT2D eigenvalue weighted by atomic mass is 10.0. The summed E-state index contributed by atoms with van der Waals surface area (Å²) in [6, 6.07) is 2.75. The van der Waals surface area contributed by atoms with Crippen LogP contribution >= 0.6 is 0 Å². The zero-order valence-electron chi connectivity index (χ0n) is 11.2. The van der Waals surface area contributed by atoms with Crippen LogP contribution in [0.3, 0.4) is 0 Å². The fourth-order valence-corrected chi connectivity index (χ4v) is 1.82. The summed E-state index contributed by atoms with van der Waals surface area (Å²) in [5.74, 6) is -1.21. The van der Waals surface area contributed by atoms with E-state index in [-0.39, 0.29) is 11.5 Å². The highest BCUT2D eigenvalue weighted by Gasteiger charge is 2.17. The summed E-state index contributed by atoms with van der Waals surface area (Å²) in [6.45, 7) is 2.31. The van der Waals surface area contributed by atoms with Gasteiger partial charge in [0.05, 0.1) is 6.04 Å². The summed E-state index contributed by atoms with van der Waals surface area (Å²) >= 11 is 0. The molecule has 0 unspecified atom stereocenters. The molecule has 0 saturated heterocycles. The number of carbonyl (C=O) groups excluding carboxylic acids is 1. The molecule has 5 heteroatoms. The molecule has 3 nitrogen and oxygen atoms in total. The van der Waals surface area contributed by atoms with E-state index in [0.29, 0.717) is 25.9 Å². The van der Waals surface area contributed by atoms with Crippen molar-refractivity contribution in [1.29, 1.82) is 0 Å². The summed E-state index contributed by atoms with van der Waals surface area (Å²) in [7, 11) is 1.56. The Morgan fingerprint density at radius 3 is 2.79 bits per heavy atom. The minimum atomic E-state index is -0.511. The third-order valence-electron chi connectivity index (χ3n) is 2.83. The van der Waals surface area contributed by atoms with E-state index in [1.807, 2.05) is 6.92 Å². The number of amides is 1.